The summed E-state index contributed by atoms with van der Waals surface area (Å²) in [5.74, 6) is -0.381. The number of rotatable bonds is 1. The molecule has 0 saturated carbocycles. The minimum absolute atomic E-state index is 0.186. The first-order chi connectivity index (χ1) is 9.44. The maximum atomic E-state index is 12.6. The van der Waals surface area contributed by atoms with Crippen LogP contribution in [-0.4, -0.2) is 23.3 Å². The highest BCUT2D eigenvalue weighted by atomic mass is 16.2. The van der Waals surface area contributed by atoms with Gasteiger partial charge in [-0.1, -0.05) is 44.2 Å². The third kappa shape index (κ3) is 1.73. The summed E-state index contributed by atoms with van der Waals surface area (Å²) in [7, 11) is 0. The number of carbonyl (C=O) groups is 2. The summed E-state index contributed by atoms with van der Waals surface area (Å²) in [4.78, 5) is 26.3. The van der Waals surface area contributed by atoms with Gasteiger partial charge in [-0.2, -0.15) is 0 Å². The van der Waals surface area contributed by atoms with E-state index < -0.39 is 0 Å². The smallest absolute Gasteiger partial charge is 0.261 e. The van der Waals surface area contributed by atoms with Gasteiger partial charge in [0.05, 0.1) is 0 Å². The summed E-state index contributed by atoms with van der Waals surface area (Å²) in [5, 5.41) is 0. The number of amides is 2. The average molecular weight is 267 g/mol. The van der Waals surface area contributed by atoms with Crippen molar-refractivity contribution in [1.82, 2.24) is 4.90 Å². The molecule has 0 atom stereocenters. The molecule has 3 rings (SSSR count). The van der Waals surface area contributed by atoms with E-state index in [4.69, 9.17) is 0 Å². The monoisotopic (exact) mass is 267 g/mol. The van der Waals surface area contributed by atoms with Crippen molar-refractivity contribution in [2.75, 3.05) is 6.54 Å². The Balaban J connectivity index is 2.36. The van der Waals surface area contributed by atoms with Gasteiger partial charge in [0.15, 0.2) is 0 Å². The molecule has 0 saturated heterocycles. The topological polar surface area (TPSA) is 37.4 Å². The molecule has 1 heterocycles. The van der Waals surface area contributed by atoms with Crippen molar-refractivity contribution in [3.05, 3.63) is 47.0 Å². The number of benzene rings is 1. The largest absolute Gasteiger partial charge is 0.275 e. The van der Waals surface area contributed by atoms with Gasteiger partial charge in [-0.05, 0) is 18.6 Å². The summed E-state index contributed by atoms with van der Waals surface area (Å²) in [6, 6.07) is 5.62. The van der Waals surface area contributed by atoms with E-state index in [-0.39, 0.29) is 17.2 Å². The number of hydrogen-bond acceptors (Lipinski definition) is 2. The Morgan fingerprint density at radius 3 is 2.60 bits per heavy atom. The Morgan fingerprint density at radius 1 is 1.15 bits per heavy atom. The molecule has 3 nitrogen and oxygen atoms in total. The molecular formula is C17H17NO2. The second-order valence-corrected chi connectivity index (χ2v) is 5.84. The molecular weight excluding hydrogens is 250 g/mol. The van der Waals surface area contributed by atoms with Gasteiger partial charge in [0.25, 0.3) is 11.8 Å². The zero-order valence-corrected chi connectivity index (χ0v) is 11.9. The van der Waals surface area contributed by atoms with E-state index in [1.165, 1.54) is 4.90 Å². The number of nitrogens with zero attached hydrogens (tertiary/aromatic N) is 1. The fourth-order valence-corrected chi connectivity index (χ4v) is 2.82. The highest BCUT2D eigenvalue weighted by Crippen LogP contribution is 2.38. The minimum Gasteiger partial charge on any atom is -0.275 e. The lowest BCUT2D eigenvalue weighted by Gasteiger charge is -2.29. The number of allylic oxidation sites excluding steroid dienone is 2. The van der Waals surface area contributed by atoms with Crippen molar-refractivity contribution in [1.29, 1.82) is 0 Å². The molecule has 1 aromatic carbocycles. The fraction of sp³-hybridized carbons (Fsp3) is 0.294. The lowest BCUT2D eigenvalue weighted by Crippen LogP contribution is -2.41. The maximum absolute atomic E-state index is 12.6. The Labute approximate surface area is 118 Å². The van der Waals surface area contributed by atoms with E-state index in [2.05, 4.69) is 19.9 Å². The van der Waals surface area contributed by atoms with Crippen molar-refractivity contribution in [2.45, 2.75) is 20.8 Å². The highest BCUT2D eigenvalue weighted by molar-refractivity contribution is 6.31. The molecule has 0 aromatic heterocycles. The van der Waals surface area contributed by atoms with Crippen LogP contribution in [0.15, 0.2) is 30.4 Å². The molecule has 0 N–H and O–H groups in total. The second-order valence-electron chi connectivity index (χ2n) is 5.84. The number of hydrogen-bond donors (Lipinski definition) is 0. The number of imide groups is 1. The van der Waals surface area contributed by atoms with E-state index in [1.807, 2.05) is 31.2 Å². The Hall–Kier alpha value is -2.16. The van der Waals surface area contributed by atoms with Gasteiger partial charge in [0, 0.05) is 28.7 Å². The van der Waals surface area contributed by atoms with Crippen molar-refractivity contribution in [3.63, 3.8) is 0 Å². The van der Waals surface area contributed by atoms with Crippen LogP contribution in [-0.2, 0) is 4.79 Å². The zero-order chi connectivity index (χ0) is 14.5. The molecule has 0 spiro atoms. The molecule has 1 aliphatic heterocycles. The molecule has 20 heavy (non-hydrogen) atoms. The quantitative estimate of drug-likeness (QED) is 0.733. The molecule has 3 heteroatoms. The van der Waals surface area contributed by atoms with Crippen LogP contribution in [0.2, 0.25) is 0 Å². The van der Waals surface area contributed by atoms with E-state index in [0.29, 0.717) is 17.7 Å². The van der Waals surface area contributed by atoms with E-state index in [0.717, 1.165) is 11.1 Å². The first-order valence-corrected chi connectivity index (χ1v) is 6.86. The molecule has 0 radical (unpaired) electrons. The van der Waals surface area contributed by atoms with Crippen LogP contribution in [0.5, 0.6) is 0 Å². The number of likely N-dealkylation sites (N-methyl/N-ethyl adjacent to an activating group) is 1. The molecule has 1 aliphatic carbocycles. The number of carbonyl (C=O) groups excluding carboxylic acids is 2. The van der Waals surface area contributed by atoms with Crippen molar-refractivity contribution in [3.8, 4) is 0 Å². The summed E-state index contributed by atoms with van der Waals surface area (Å²) in [6.45, 7) is 6.34. The maximum Gasteiger partial charge on any atom is 0.261 e. The first-order valence-electron chi connectivity index (χ1n) is 6.86. The van der Waals surface area contributed by atoms with Gasteiger partial charge in [0.2, 0.25) is 0 Å². The van der Waals surface area contributed by atoms with Crippen LogP contribution in [0.1, 0.15) is 42.3 Å². The minimum atomic E-state index is -0.207. The first kappa shape index (κ1) is 12.9. The van der Waals surface area contributed by atoms with Gasteiger partial charge in [-0.25, -0.2) is 0 Å². The van der Waals surface area contributed by atoms with Crippen molar-refractivity contribution >= 4 is 23.5 Å². The molecule has 0 fully saturated rings. The van der Waals surface area contributed by atoms with E-state index in [1.54, 1.807) is 6.07 Å². The van der Waals surface area contributed by atoms with Gasteiger partial charge in [-0.3, -0.25) is 14.5 Å². The van der Waals surface area contributed by atoms with Gasteiger partial charge < -0.3 is 0 Å². The summed E-state index contributed by atoms with van der Waals surface area (Å²) >= 11 is 0. The van der Waals surface area contributed by atoms with Crippen LogP contribution >= 0.6 is 0 Å². The van der Waals surface area contributed by atoms with Crippen molar-refractivity contribution < 1.29 is 9.59 Å². The molecule has 2 amide bonds. The Bertz CT molecular complexity index is 680. The van der Waals surface area contributed by atoms with Crippen LogP contribution < -0.4 is 0 Å². The molecule has 2 aliphatic rings. The van der Waals surface area contributed by atoms with Gasteiger partial charge >= 0.3 is 0 Å². The van der Waals surface area contributed by atoms with E-state index in [9.17, 15) is 9.59 Å². The molecule has 0 unspecified atom stereocenters. The van der Waals surface area contributed by atoms with Crippen LogP contribution in [0.25, 0.3) is 11.6 Å². The predicted octanol–water partition coefficient (Wildman–Crippen LogP) is 3.13. The highest BCUT2D eigenvalue weighted by Gasteiger charge is 2.36. The molecule has 0 bridgehead atoms. The second kappa shape index (κ2) is 4.17. The average Bonchev–Trinajstić information content (AvgIpc) is 2.55. The summed E-state index contributed by atoms with van der Waals surface area (Å²) < 4.78 is 0. The summed E-state index contributed by atoms with van der Waals surface area (Å²) in [5.41, 5.74) is 2.79. The predicted molar refractivity (Wildman–Crippen MR) is 79.0 cm³/mol. The summed E-state index contributed by atoms with van der Waals surface area (Å²) in [6.07, 6.45) is 6.04. The molecule has 1 aromatic rings. The van der Waals surface area contributed by atoms with E-state index >= 15 is 0 Å². The lowest BCUT2D eigenvalue weighted by molar-refractivity contribution is -0.122. The normalized spacial score (nSPS) is 19.6. The fourth-order valence-electron chi connectivity index (χ4n) is 2.82. The Morgan fingerprint density at radius 2 is 1.90 bits per heavy atom. The van der Waals surface area contributed by atoms with Crippen LogP contribution in [0.4, 0.5) is 0 Å². The van der Waals surface area contributed by atoms with Crippen LogP contribution in [0, 0.1) is 5.41 Å². The SMILES string of the molecule is CCN1C(=O)C2=CC(C)(C)C=Cc3cccc(c32)C1=O. The molecule has 102 valence electrons. The zero-order valence-electron chi connectivity index (χ0n) is 11.9. The standard InChI is InChI=1S/C17H17NO2/c1-4-18-15(19)12-7-5-6-11-8-9-17(2,3)10-13(14(11)12)16(18)20/h5-10H,4H2,1-3H3. The Kier molecular flexibility index (Phi) is 2.68. The third-order valence-corrected chi connectivity index (χ3v) is 3.84. The van der Waals surface area contributed by atoms with Gasteiger partial charge in [0.1, 0.15) is 0 Å². The van der Waals surface area contributed by atoms with Crippen molar-refractivity contribution in [2.24, 2.45) is 5.41 Å². The third-order valence-electron chi connectivity index (χ3n) is 3.84. The lowest BCUT2D eigenvalue weighted by atomic mass is 9.86. The van der Waals surface area contributed by atoms with Crippen LogP contribution in [0.3, 0.4) is 0 Å². The van der Waals surface area contributed by atoms with Gasteiger partial charge in [-0.15, -0.1) is 0 Å².